The van der Waals surface area contributed by atoms with Crippen LogP contribution < -0.4 is 10.2 Å². The zero-order chi connectivity index (χ0) is 18.0. The predicted molar refractivity (Wildman–Crippen MR) is 95.3 cm³/mol. The fraction of sp³-hybridized carbons (Fsp3) is 0.421. The number of benzene rings is 1. The van der Waals surface area contributed by atoms with Gasteiger partial charge in [0, 0.05) is 42.9 Å². The number of imide groups is 1. The molecule has 0 unspecified atom stereocenters. The number of anilines is 1. The highest BCUT2D eigenvalue weighted by molar-refractivity contribution is 6.28. The van der Waals surface area contributed by atoms with Crippen molar-refractivity contribution in [2.45, 2.75) is 38.8 Å². The Morgan fingerprint density at radius 1 is 1.04 bits per heavy atom. The van der Waals surface area contributed by atoms with Gasteiger partial charge in [0.15, 0.2) is 0 Å². The molecule has 1 saturated heterocycles. The minimum absolute atomic E-state index is 0.119. The van der Waals surface area contributed by atoms with Crippen LogP contribution in [0, 0.1) is 0 Å². The Balaban J connectivity index is 1.58. The van der Waals surface area contributed by atoms with E-state index >= 15 is 0 Å². The van der Waals surface area contributed by atoms with Crippen molar-refractivity contribution in [2.75, 3.05) is 18.0 Å². The third kappa shape index (κ3) is 3.79. The van der Waals surface area contributed by atoms with Crippen molar-refractivity contribution in [3.63, 3.8) is 0 Å². The van der Waals surface area contributed by atoms with Gasteiger partial charge in [0.25, 0.3) is 17.7 Å². The molecule has 6 heteroatoms. The molecule has 0 atom stereocenters. The van der Waals surface area contributed by atoms with E-state index in [9.17, 15) is 14.4 Å². The largest absolute Gasteiger partial charge is 0.349 e. The van der Waals surface area contributed by atoms with Crippen molar-refractivity contribution in [1.29, 1.82) is 0 Å². The summed E-state index contributed by atoms with van der Waals surface area (Å²) >= 11 is 0. The normalized spacial score (nSPS) is 19.1. The number of nitrogens with one attached hydrogen (secondary N) is 1. The fourth-order valence-electron chi connectivity index (χ4n) is 3.25. The second-order valence-electron chi connectivity index (χ2n) is 6.77. The molecule has 3 amide bonds. The second-order valence-corrected chi connectivity index (χ2v) is 6.77. The van der Waals surface area contributed by atoms with Crippen molar-refractivity contribution in [3.8, 4) is 0 Å². The molecule has 1 fully saturated rings. The number of likely N-dealkylation sites (tertiary alicyclic amines) is 1. The number of hydrogen-bond donors (Lipinski definition) is 1. The van der Waals surface area contributed by atoms with E-state index in [1.807, 2.05) is 0 Å². The van der Waals surface area contributed by atoms with Crippen LogP contribution >= 0.6 is 0 Å². The molecule has 1 aromatic carbocycles. The van der Waals surface area contributed by atoms with Crippen molar-refractivity contribution in [1.82, 2.24) is 10.2 Å². The first-order valence-electron chi connectivity index (χ1n) is 8.67. The van der Waals surface area contributed by atoms with E-state index in [0.717, 1.165) is 30.8 Å². The standard InChI is InChI=1S/C19H23N3O3/c1-13(2)21-11-9-15(10-12-21)20-19(25)14-3-5-16(6-4-14)22-17(23)7-8-18(22)24/h3-8,13,15H,9-12H2,1-2H3,(H,20,25). The predicted octanol–water partition coefficient (Wildman–Crippen LogP) is 1.72. The number of carbonyl (C=O) groups excluding carboxylic acids is 3. The quantitative estimate of drug-likeness (QED) is 0.847. The molecule has 2 aliphatic rings. The third-order valence-corrected chi connectivity index (χ3v) is 4.79. The van der Waals surface area contributed by atoms with Crippen molar-refractivity contribution >= 4 is 23.4 Å². The molecule has 0 saturated carbocycles. The zero-order valence-corrected chi connectivity index (χ0v) is 14.6. The van der Waals surface area contributed by atoms with Gasteiger partial charge in [-0.25, -0.2) is 4.90 Å². The molecule has 1 aromatic rings. The summed E-state index contributed by atoms with van der Waals surface area (Å²) in [4.78, 5) is 39.3. The van der Waals surface area contributed by atoms with E-state index in [1.54, 1.807) is 24.3 Å². The molecule has 0 bridgehead atoms. The number of nitrogens with zero attached hydrogens (tertiary/aromatic N) is 2. The number of rotatable bonds is 4. The van der Waals surface area contributed by atoms with E-state index < -0.39 is 0 Å². The minimum atomic E-state index is -0.362. The van der Waals surface area contributed by atoms with Crippen LogP contribution in [0.2, 0.25) is 0 Å². The number of piperidine rings is 1. The molecule has 0 aromatic heterocycles. The summed E-state index contributed by atoms with van der Waals surface area (Å²) in [5.41, 5.74) is 1.00. The zero-order valence-electron chi connectivity index (χ0n) is 14.6. The van der Waals surface area contributed by atoms with Crippen LogP contribution in [0.5, 0.6) is 0 Å². The van der Waals surface area contributed by atoms with Gasteiger partial charge < -0.3 is 10.2 Å². The Morgan fingerprint density at radius 3 is 2.12 bits per heavy atom. The highest BCUT2D eigenvalue weighted by Gasteiger charge is 2.26. The van der Waals surface area contributed by atoms with Crippen molar-refractivity contribution in [2.24, 2.45) is 0 Å². The molecular formula is C19H23N3O3. The van der Waals surface area contributed by atoms with Crippen LogP contribution in [-0.2, 0) is 9.59 Å². The highest BCUT2D eigenvalue weighted by atomic mass is 16.2. The lowest BCUT2D eigenvalue weighted by molar-refractivity contribution is -0.119. The average Bonchev–Trinajstić information content (AvgIpc) is 2.94. The first kappa shape index (κ1) is 17.4. The molecule has 0 spiro atoms. The molecule has 0 aliphatic carbocycles. The van der Waals surface area contributed by atoms with Crippen LogP contribution in [0.3, 0.4) is 0 Å². The molecule has 0 radical (unpaired) electrons. The number of carbonyl (C=O) groups is 3. The SMILES string of the molecule is CC(C)N1CCC(NC(=O)c2ccc(N3C(=O)C=CC3=O)cc2)CC1. The summed E-state index contributed by atoms with van der Waals surface area (Å²) in [6.45, 7) is 6.36. The van der Waals surface area contributed by atoms with Crippen LogP contribution in [0.25, 0.3) is 0 Å². The lowest BCUT2D eigenvalue weighted by Gasteiger charge is -2.34. The smallest absolute Gasteiger partial charge is 0.258 e. The Bertz CT molecular complexity index is 683. The maximum Gasteiger partial charge on any atom is 0.258 e. The molecular weight excluding hydrogens is 318 g/mol. The third-order valence-electron chi connectivity index (χ3n) is 4.79. The fourth-order valence-corrected chi connectivity index (χ4v) is 3.25. The van der Waals surface area contributed by atoms with E-state index in [1.165, 1.54) is 12.2 Å². The summed E-state index contributed by atoms with van der Waals surface area (Å²) < 4.78 is 0. The van der Waals surface area contributed by atoms with Gasteiger partial charge in [-0.05, 0) is 51.0 Å². The Morgan fingerprint density at radius 2 is 1.60 bits per heavy atom. The Labute approximate surface area is 147 Å². The van der Waals surface area contributed by atoms with Gasteiger partial charge in [-0.1, -0.05) is 0 Å². The van der Waals surface area contributed by atoms with E-state index in [4.69, 9.17) is 0 Å². The minimum Gasteiger partial charge on any atom is -0.349 e. The van der Waals surface area contributed by atoms with Gasteiger partial charge in [-0.15, -0.1) is 0 Å². The summed E-state index contributed by atoms with van der Waals surface area (Å²) in [7, 11) is 0. The first-order chi connectivity index (χ1) is 12.0. The maximum atomic E-state index is 12.4. The number of amides is 3. The van der Waals surface area contributed by atoms with E-state index in [-0.39, 0.29) is 23.8 Å². The lowest BCUT2D eigenvalue weighted by atomic mass is 10.0. The molecule has 2 heterocycles. The van der Waals surface area contributed by atoms with E-state index in [2.05, 4.69) is 24.1 Å². The summed E-state index contributed by atoms with van der Waals surface area (Å²) in [5, 5.41) is 3.08. The van der Waals surface area contributed by atoms with Gasteiger partial charge in [0.1, 0.15) is 0 Å². The average molecular weight is 341 g/mol. The summed E-state index contributed by atoms with van der Waals surface area (Å²) in [5.74, 6) is -0.843. The molecule has 2 aliphatic heterocycles. The van der Waals surface area contributed by atoms with Gasteiger partial charge in [-0.3, -0.25) is 14.4 Å². The van der Waals surface area contributed by atoms with Crippen LogP contribution in [-0.4, -0.2) is 47.8 Å². The van der Waals surface area contributed by atoms with Gasteiger partial charge in [0.05, 0.1) is 5.69 Å². The number of hydrogen-bond acceptors (Lipinski definition) is 4. The lowest BCUT2D eigenvalue weighted by Crippen LogP contribution is -2.46. The summed E-state index contributed by atoms with van der Waals surface area (Å²) in [6.07, 6.45) is 4.38. The Kier molecular flexibility index (Phi) is 4.99. The molecule has 25 heavy (non-hydrogen) atoms. The topological polar surface area (TPSA) is 69.7 Å². The highest BCUT2D eigenvalue weighted by Crippen LogP contribution is 2.20. The van der Waals surface area contributed by atoms with Gasteiger partial charge >= 0.3 is 0 Å². The first-order valence-corrected chi connectivity index (χ1v) is 8.67. The van der Waals surface area contributed by atoms with Crippen molar-refractivity contribution < 1.29 is 14.4 Å². The van der Waals surface area contributed by atoms with Crippen molar-refractivity contribution in [3.05, 3.63) is 42.0 Å². The van der Waals surface area contributed by atoms with Gasteiger partial charge in [-0.2, -0.15) is 0 Å². The van der Waals surface area contributed by atoms with Crippen LogP contribution in [0.1, 0.15) is 37.0 Å². The van der Waals surface area contributed by atoms with E-state index in [0.29, 0.717) is 17.3 Å². The second kappa shape index (κ2) is 7.19. The van der Waals surface area contributed by atoms with Crippen LogP contribution in [0.4, 0.5) is 5.69 Å². The Hall–Kier alpha value is -2.47. The maximum absolute atomic E-state index is 12.4. The molecule has 132 valence electrons. The monoisotopic (exact) mass is 341 g/mol. The van der Waals surface area contributed by atoms with Crippen LogP contribution in [0.15, 0.2) is 36.4 Å². The molecule has 1 N–H and O–H groups in total. The summed E-state index contributed by atoms with van der Waals surface area (Å²) in [6, 6.07) is 7.26. The molecule has 3 rings (SSSR count). The van der Waals surface area contributed by atoms with Gasteiger partial charge in [0.2, 0.25) is 0 Å². The molecule has 6 nitrogen and oxygen atoms in total.